The first-order valence-electron chi connectivity index (χ1n) is 8.63. The number of aryl methyl sites for hydroxylation is 1. The Kier molecular flexibility index (Phi) is 3.84. The highest BCUT2D eigenvalue weighted by Crippen LogP contribution is 2.34. The van der Waals surface area contributed by atoms with Crippen LogP contribution < -0.4 is 11.2 Å². The van der Waals surface area contributed by atoms with E-state index >= 15 is 0 Å². The molecule has 0 atom stereocenters. The lowest BCUT2D eigenvalue weighted by molar-refractivity contribution is 0.256. The fraction of sp³-hybridized carbons (Fsp3) is 0.368. The Labute approximate surface area is 145 Å². The molecule has 1 fully saturated rings. The van der Waals surface area contributed by atoms with E-state index in [1.807, 2.05) is 19.2 Å². The molecule has 130 valence electrons. The second kappa shape index (κ2) is 6.04. The van der Waals surface area contributed by atoms with Gasteiger partial charge in [0.25, 0.3) is 5.56 Å². The van der Waals surface area contributed by atoms with E-state index < -0.39 is 5.69 Å². The summed E-state index contributed by atoms with van der Waals surface area (Å²) in [5.41, 5.74) is 2.45. The molecule has 0 aliphatic carbocycles. The summed E-state index contributed by atoms with van der Waals surface area (Å²) in [6.45, 7) is 2.26. The molecule has 6 heteroatoms. The quantitative estimate of drug-likeness (QED) is 0.775. The van der Waals surface area contributed by atoms with E-state index in [-0.39, 0.29) is 5.56 Å². The van der Waals surface area contributed by atoms with Gasteiger partial charge in [0, 0.05) is 30.9 Å². The van der Waals surface area contributed by atoms with E-state index in [2.05, 4.69) is 33.8 Å². The van der Waals surface area contributed by atoms with E-state index in [4.69, 9.17) is 0 Å². The molecule has 0 spiro atoms. The van der Waals surface area contributed by atoms with Gasteiger partial charge in [-0.05, 0) is 56.6 Å². The minimum Gasteiger partial charge on any atom is -0.350 e. The number of aromatic amines is 1. The summed E-state index contributed by atoms with van der Waals surface area (Å²) in [7, 11) is 4.22. The Bertz CT molecular complexity index is 1040. The highest BCUT2D eigenvalue weighted by atomic mass is 16.2. The maximum absolute atomic E-state index is 12.0. The van der Waals surface area contributed by atoms with Crippen LogP contribution in [0.5, 0.6) is 0 Å². The fourth-order valence-electron chi connectivity index (χ4n) is 3.82. The second-order valence-corrected chi connectivity index (χ2v) is 6.95. The molecule has 3 heterocycles. The average Bonchev–Trinajstić information content (AvgIpc) is 2.92. The van der Waals surface area contributed by atoms with E-state index in [1.54, 1.807) is 0 Å². The van der Waals surface area contributed by atoms with E-state index in [0.717, 1.165) is 24.3 Å². The van der Waals surface area contributed by atoms with Crippen LogP contribution in [0.1, 0.15) is 24.3 Å². The van der Waals surface area contributed by atoms with Crippen molar-refractivity contribution in [3.05, 3.63) is 63.1 Å². The molecule has 0 bridgehead atoms. The molecule has 1 aliphatic heterocycles. The third-order valence-corrected chi connectivity index (χ3v) is 5.27. The predicted molar refractivity (Wildman–Crippen MR) is 98.6 cm³/mol. The van der Waals surface area contributed by atoms with Gasteiger partial charge in [-0.1, -0.05) is 6.07 Å². The molecule has 0 saturated carbocycles. The third-order valence-electron chi connectivity index (χ3n) is 5.27. The lowest BCUT2D eigenvalue weighted by atomic mass is 9.89. The number of rotatable bonds is 2. The van der Waals surface area contributed by atoms with Gasteiger partial charge in [-0.25, -0.2) is 4.79 Å². The fourth-order valence-corrected chi connectivity index (χ4v) is 3.82. The van der Waals surface area contributed by atoms with E-state index in [9.17, 15) is 9.59 Å². The number of aromatic nitrogens is 3. The minimum atomic E-state index is -0.420. The number of H-pyrrole nitrogens is 1. The van der Waals surface area contributed by atoms with E-state index in [1.165, 1.54) is 40.6 Å². The van der Waals surface area contributed by atoms with Crippen molar-refractivity contribution in [1.29, 1.82) is 0 Å². The van der Waals surface area contributed by atoms with Gasteiger partial charge in [-0.3, -0.25) is 14.3 Å². The number of likely N-dealkylation sites (tertiary alicyclic amines) is 1. The summed E-state index contributed by atoms with van der Waals surface area (Å²) < 4.78 is 3.59. The third kappa shape index (κ3) is 2.82. The number of nitrogens with one attached hydrogen (secondary N) is 1. The molecule has 0 amide bonds. The summed E-state index contributed by atoms with van der Waals surface area (Å²) in [5, 5.41) is 1.25. The Morgan fingerprint density at radius 2 is 1.84 bits per heavy atom. The molecule has 4 rings (SSSR count). The SMILES string of the molecule is CN1CCC(c2cn(C)c3cc(-n4ccc(=O)[nH]c4=O)ccc23)CC1. The zero-order valence-corrected chi connectivity index (χ0v) is 14.5. The zero-order chi connectivity index (χ0) is 17.6. The molecular weight excluding hydrogens is 316 g/mol. The van der Waals surface area contributed by atoms with Gasteiger partial charge in [-0.15, -0.1) is 0 Å². The van der Waals surface area contributed by atoms with E-state index in [0.29, 0.717) is 5.92 Å². The second-order valence-electron chi connectivity index (χ2n) is 6.95. The number of hydrogen-bond acceptors (Lipinski definition) is 3. The topological polar surface area (TPSA) is 63.0 Å². The normalized spacial score (nSPS) is 16.6. The van der Waals surface area contributed by atoms with Gasteiger partial charge in [0.15, 0.2) is 0 Å². The number of benzene rings is 1. The lowest BCUT2D eigenvalue weighted by Crippen LogP contribution is -2.29. The molecule has 0 unspecified atom stereocenters. The average molecular weight is 338 g/mol. The molecule has 2 aromatic heterocycles. The van der Waals surface area contributed by atoms with Crippen molar-refractivity contribution in [3.8, 4) is 5.69 Å². The first kappa shape index (κ1) is 15.9. The summed E-state index contributed by atoms with van der Waals surface area (Å²) in [6, 6.07) is 7.41. The van der Waals surface area contributed by atoms with Crippen molar-refractivity contribution < 1.29 is 0 Å². The van der Waals surface area contributed by atoms with Crippen LogP contribution in [0.3, 0.4) is 0 Å². The molecule has 0 radical (unpaired) electrons. The predicted octanol–water partition coefficient (Wildman–Crippen LogP) is 1.83. The van der Waals surface area contributed by atoms with Crippen molar-refractivity contribution in [1.82, 2.24) is 19.0 Å². The van der Waals surface area contributed by atoms with Crippen LogP contribution in [-0.4, -0.2) is 39.2 Å². The molecule has 25 heavy (non-hydrogen) atoms. The van der Waals surface area contributed by atoms with Gasteiger partial charge in [0.1, 0.15) is 0 Å². The largest absolute Gasteiger partial charge is 0.350 e. The van der Waals surface area contributed by atoms with Gasteiger partial charge in [0.2, 0.25) is 0 Å². The zero-order valence-electron chi connectivity index (χ0n) is 14.5. The van der Waals surface area contributed by atoms with Gasteiger partial charge >= 0.3 is 5.69 Å². The maximum atomic E-state index is 12.0. The Morgan fingerprint density at radius 1 is 1.08 bits per heavy atom. The molecule has 3 aromatic rings. The smallest absolute Gasteiger partial charge is 0.332 e. The van der Waals surface area contributed by atoms with Crippen molar-refractivity contribution in [3.63, 3.8) is 0 Å². The highest BCUT2D eigenvalue weighted by Gasteiger charge is 2.22. The first-order chi connectivity index (χ1) is 12.0. The molecule has 1 N–H and O–H groups in total. The first-order valence-corrected chi connectivity index (χ1v) is 8.63. The maximum Gasteiger partial charge on any atom is 0.332 e. The number of piperidine rings is 1. The summed E-state index contributed by atoms with van der Waals surface area (Å²) >= 11 is 0. The van der Waals surface area contributed by atoms with Crippen molar-refractivity contribution in [2.24, 2.45) is 7.05 Å². The van der Waals surface area contributed by atoms with Crippen molar-refractivity contribution in [2.45, 2.75) is 18.8 Å². The number of nitrogens with zero attached hydrogens (tertiary/aromatic N) is 3. The molecule has 1 aliphatic rings. The van der Waals surface area contributed by atoms with Crippen LogP contribution in [0.25, 0.3) is 16.6 Å². The van der Waals surface area contributed by atoms with Gasteiger partial charge < -0.3 is 9.47 Å². The Hall–Kier alpha value is -2.60. The summed E-state index contributed by atoms with van der Waals surface area (Å²) in [6.07, 6.45) is 6.09. The van der Waals surface area contributed by atoms with Crippen LogP contribution in [0.2, 0.25) is 0 Å². The summed E-state index contributed by atoms with van der Waals surface area (Å²) in [5.74, 6) is 0.585. The van der Waals surface area contributed by atoms with Crippen LogP contribution >= 0.6 is 0 Å². The summed E-state index contributed by atoms with van der Waals surface area (Å²) in [4.78, 5) is 28.0. The lowest BCUT2D eigenvalue weighted by Gasteiger charge is -2.28. The monoisotopic (exact) mass is 338 g/mol. The molecular formula is C19H22N4O2. The van der Waals surface area contributed by atoms with Crippen molar-refractivity contribution >= 4 is 10.9 Å². The van der Waals surface area contributed by atoms with Crippen LogP contribution in [-0.2, 0) is 7.05 Å². The van der Waals surface area contributed by atoms with Crippen LogP contribution in [0, 0.1) is 0 Å². The highest BCUT2D eigenvalue weighted by molar-refractivity contribution is 5.86. The Morgan fingerprint density at radius 3 is 2.56 bits per heavy atom. The van der Waals surface area contributed by atoms with Crippen molar-refractivity contribution in [2.75, 3.05) is 20.1 Å². The van der Waals surface area contributed by atoms with Crippen LogP contribution in [0.15, 0.2) is 46.2 Å². The van der Waals surface area contributed by atoms with Gasteiger partial charge in [0.05, 0.1) is 11.2 Å². The minimum absolute atomic E-state index is 0.384. The molecule has 1 saturated heterocycles. The number of hydrogen-bond donors (Lipinski definition) is 1. The van der Waals surface area contributed by atoms with Crippen LogP contribution in [0.4, 0.5) is 0 Å². The standard InChI is InChI=1S/C19H22N4O2/c1-21-8-5-13(6-9-21)16-12-22(2)17-11-14(3-4-15(16)17)23-10-7-18(24)20-19(23)25/h3-4,7,10-13H,5-6,8-9H2,1-2H3,(H,20,24,25). The number of fused-ring (bicyclic) bond motifs is 1. The van der Waals surface area contributed by atoms with Gasteiger partial charge in [-0.2, -0.15) is 0 Å². The molecule has 6 nitrogen and oxygen atoms in total. The Balaban J connectivity index is 1.78. The molecule has 1 aromatic carbocycles.